The van der Waals surface area contributed by atoms with Gasteiger partial charge in [-0.15, -0.1) is 0 Å². The molecule has 1 amide bonds. The Balaban J connectivity index is 2.36. The first kappa shape index (κ1) is 17.0. The minimum absolute atomic E-state index is 0.0576. The first-order valence-electron chi connectivity index (χ1n) is 6.79. The lowest BCUT2D eigenvalue weighted by Crippen LogP contribution is -2.46. The number of hydrogen-bond acceptors (Lipinski definition) is 3. The fourth-order valence-corrected chi connectivity index (χ4v) is 2.17. The van der Waals surface area contributed by atoms with Crippen molar-refractivity contribution in [2.75, 3.05) is 13.2 Å². The molecule has 112 valence electrons. The molecule has 0 bridgehead atoms. The molecular formula is C15H22BrNO3. The summed E-state index contributed by atoms with van der Waals surface area (Å²) in [5.41, 5.74) is -0.346. The van der Waals surface area contributed by atoms with Gasteiger partial charge in [-0.1, -0.05) is 28.9 Å². The van der Waals surface area contributed by atoms with Gasteiger partial charge in [0.15, 0.2) is 0 Å². The number of amides is 1. The van der Waals surface area contributed by atoms with Crippen LogP contribution in [0.15, 0.2) is 28.7 Å². The van der Waals surface area contributed by atoms with Gasteiger partial charge >= 0.3 is 0 Å². The fraction of sp³-hybridized carbons (Fsp3) is 0.533. The molecule has 0 aliphatic carbocycles. The van der Waals surface area contributed by atoms with Gasteiger partial charge in [0.25, 0.3) is 0 Å². The summed E-state index contributed by atoms with van der Waals surface area (Å²) >= 11 is 3.37. The molecule has 20 heavy (non-hydrogen) atoms. The van der Waals surface area contributed by atoms with Crippen molar-refractivity contribution in [3.63, 3.8) is 0 Å². The van der Waals surface area contributed by atoms with Crippen LogP contribution in [-0.4, -0.2) is 29.8 Å². The normalized spacial score (nSPS) is 13.6. The molecule has 1 aromatic carbocycles. The van der Waals surface area contributed by atoms with Crippen molar-refractivity contribution >= 4 is 21.8 Å². The lowest BCUT2D eigenvalue weighted by Gasteiger charge is -2.29. The second-order valence-corrected chi connectivity index (χ2v) is 5.91. The van der Waals surface area contributed by atoms with E-state index < -0.39 is 0 Å². The number of benzene rings is 1. The molecule has 2 N–H and O–H groups in total. The predicted molar refractivity (Wildman–Crippen MR) is 82.8 cm³/mol. The van der Waals surface area contributed by atoms with Crippen LogP contribution >= 0.6 is 15.9 Å². The topological polar surface area (TPSA) is 58.6 Å². The summed E-state index contributed by atoms with van der Waals surface area (Å²) in [4.78, 5) is 11.9. The van der Waals surface area contributed by atoms with Crippen LogP contribution in [0.25, 0.3) is 0 Å². The highest BCUT2D eigenvalue weighted by atomic mass is 79.9. The van der Waals surface area contributed by atoms with Gasteiger partial charge in [0, 0.05) is 16.6 Å². The number of halogens is 1. The van der Waals surface area contributed by atoms with Crippen LogP contribution in [0, 0.1) is 0 Å². The highest BCUT2D eigenvalue weighted by molar-refractivity contribution is 9.10. The van der Waals surface area contributed by atoms with Gasteiger partial charge in [0.05, 0.1) is 13.0 Å². The van der Waals surface area contributed by atoms with Crippen molar-refractivity contribution in [1.82, 2.24) is 5.32 Å². The molecule has 0 fully saturated rings. The van der Waals surface area contributed by atoms with Gasteiger partial charge < -0.3 is 15.2 Å². The van der Waals surface area contributed by atoms with E-state index in [4.69, 9.17) is 9.84 Å². The van der Waals surface area contributed by atoms with E-state index in [2.05, 4.69) is 21.2 Å². The average molecular weight is 344 g/mol. The molecule has 0 aliphatic heterocycles. The van der Waals surface area contributed by atoms with E-state index in [1.165, 1.54) is 0 Å². The zero-order valence-corrected chi connectivity index (χ0v) is 13.6. The molecule has 1 aromatic rings. The molecular weight excluding hydrogens is 322 g/mol. The van der Waals surface area contributed by atoms with E-state index in [0.717, 1.165) is 16.6 Å². The number of aliphatic hydroxyl groups excluding tert-OH is 1. The van der Waals surface area contributed by atoms with Crippen LogP contribution in [0.2, 0.25) is 0 Å². The Bertz CT molecular complexity index is 439. The predicted octanol–water partition coefficient (Wildman–Crippen LogP) is 2.89. The zero-order chi connectivity index (χ0) is 15.0. The fourth-order valence-electron chi connectivity index (χ4n) is 1.79. The number of carbonyl (C=O) groups excluding carboxylic acids is 1. The monoisotopic (exact) mass is 343 g/mol. The van der Waals surface area contributed by atoms with Gasteiger partial charge in [0.2, 0.25) is 5.91 Å². The molecule has 0 aromatic heterocycles. The Morgan fingerprint density at radius 1 is 1.50 bits per heavy atom. The second-order valence-electron chi connectivity index (χ2n) is 4.99. The molecule has 4 nitrogen and oxygen atoms in total. The van der Waals surface area contributed by atoms with E-state index in [-0.39, 0.29) is 18.1 Å². The number of aliphatic hydroxyl groups is 1. The van der Waals surface area contributed by atoms with E-state index >= 15 is 0 Å². The smallest absolute Gasteiger partial charge is 0.223 e. The molecule has 0 heterocycles. The average Bonchev–Trinajstić information content (AvgIpc) is 2.39. The van der Waals surface area contributed by atoms with Gasteiger partial charge in [-0.25, -0.2) is 0 Å². The third-order valence-corrected chi connectivity index (χ3v) is 3.77. The third-order valence-electron chi connectivity index (χ3n) is 3.28. The van der Waals surface area contributed by atoms with Gasteiger partial charge in [0.1, 0.15) is 5.75 Å². The van der Waals surface area contributed by atoms with E-state index in [0.29, 0.717) is 19.4 Å². The van der Waals surface area contributed by atoms with E-state index in [9.17, 15) is 4.79 Å². The molecule has 1 unspecified atom stereocenters. The van der Waals surface area contributed by atoms with Crippen molar-refractivity contribution in [2.45, 2.75) is 38.6 Å². The Morgan fingerprint density at radius 2 is 2.25 bits per heavy atom. The maximum atomic E-state index is 11.9. The second kappa shape index (κ2) is 8.27. The first-order chi connectivity index (χ1) is 9.49. The Kier molecular flexibility index (Phi) is 7.02. The number of nitrogens with one attached hydrogen (secondary N) is 1. The van der Waals surface area contributed by atoms with Gasteiger partial charge in [-0.2, -0.15) is 0 Å². The van der Waals surface area contributed by atoms with Crippen LogP contribution in [0.3, 0.4) is 0 Å². The molecule has 0 saturated heterocycles. The van der Waals surface area contributed by atoms with Crippen LogP contribution in [0.4, 0.5) is 0 Å². The van der Waals surface area contributed by atoms with Crippen molar-refractivity contribution in [2.24, 2.45) is 0 Å². The van der Waals surface area contributed by atoms with Crippen LogP contribution in [0.5, 0.6) is 5.75 Å². The molecule has 0 aliphatic rings. The molecule has 1 rings (SSSR count). The molecule has 5 heteroatoms. The minimum atomic E-state index is -0.346. The molecule has 0 saturated carbocycles. The highest BCUT2D eigenvalue weighted by Gasteiger charge is 2.23. The lowest BCUT2D eigenvalue weighted by molar-refractivity contribution is -0.123. The minimum Gasteiger partial charge on any atom is -0.493 e. The maximum absolute atomic E-state index is 11.9. The Morgan fingerprint density at radius 3 is 2.85 bits per heavy atom. The summed E-state index contributed by atoms with van der Waals surface area (Å²) < 4.78 is 6.47. The summed E-state index contributed by atoms with van der Waals surface area (Å²) in [5.74, 6) is 0.679. The standard InChI is InChI=1S/C15H22BrNO3/c1-3-15(2,8-9-18)17-14(19)7-10-20-13-6-4-5-12(16)11-13/h4-6,11,18H,3,7-10H2,1-2H3,(H,17,19). The quantitative estimate of drug-likeness (QED) is 0.762. The lowest BCUT2D eigenvalue weighted by atomic mass is 9.95. The summed E-state index contributed by atoms with van der Waals surface area (Å²) in [6, 6.07) is 7.51. The Hall–Kier alpha value is -1.07. The van der Waals surface area contributed by atoms with E-state index in [1.807, 2.05) is 38.1 Å². The SMILES string of the molecule is CCC(C)(CCO)NC(=O)CCOc1cccc(Br)c1. The zero-order valence-electron chi connectivity index (χ0n) is 12.0. The van der Waals surface area contributed by atoms with Crippen molar-refractivity contribution in [3.05, 3.63) is 28.7 Å². The van der Waals surface area contributed by atoms with Crippen molar-refractivity contribution in [1.29, 1.82) is 0 Å². The third kappa shape index (κ3) is 5.92. The summed E-state index contributed by atoms with van der Waals surface area (Å²) in [6.45, 7) is 4.34. The molecule has 0 spiro atoms. The number of ether oxygens (including phenoxy) is 1. The van der Waals surface area contributed by atoms with Crippen molar-refractivity contribution in [3.8, 4) is 5.75 Å². The molecule has 0 radical (unpaired) electrons. The van der Waals surface area contributed by atoms with Crippen LogP contribution in [0.1, 0.15) is 33.1 Å². The number of carbonyl (C=O) groups is 1. The number of hydrogen-bond donors (Lipinski definition) is 2. The Labute approximate surface area is 128 Å². The van der Waals surface area contributed by atoms with E-state index in [1.54, 1.807) is 0 Å². The van der Waals surface area contributed by atoms with Crippen LogP contribution < -0.4 is 10.1 Å². The first-order valence-corrected chi connectivity index (χ1v) is 7.58. The summed E-state index contributed by atoms with van der Waals surface area (Å²) in [6.07, 6.45) is 1.64. The largest absolute Gasteiger partial charge is 0.493 e. The van der Waals surface area contributed by atoms with Crippen LogP contribution in [-0.2, 0) is 4.79 Å². The van der Waals surface area contributed by atoms with Gasteiger partial charge in [-0.3, -0.25) is 4.79 Å². The summed E-state index contributed by atoms with van der Waals surface area (Å²) in [5, 5.41) is 12.0. The molecule has 1 atom stereocenters. The highest BCUT2D eigenvalue weighted by Crippen LogP contribution is 2.18. The van der Waals surface area contributed by atoms with Crippen molar-refractivity contribution < 1.29 is 14.6 Å². The maximum Gasteiger partial charge on any atom is 0.223 e. The summed E-state index contributed by atoms with van der Waals surface area (Å²) in [7, 11) is 0. The number of rotatable bonds is 8. The van der Waals surface area contributed by atoms with Gasteiger partial charge in [-0.05, 0) is 38.0 Å².